The molecule has 4 aromatic rings. The van der Waals surface area contributed by atoms with E-state index in [1.54, 1.807) is 34.1 Å². The number of H-pyrrole nitrogens is 1. The molecule has 1 saturated heterocycles. The highest BCUT2D eigenvalue weighted by atomic mass is 19.3. The molecule has 0 saturated carbocycles. The summed E-state index contributed by atoms with van der Waals surface area (Å²) in [7, 11) is 0. The normalized spacial score (nSPS) is 14.7. The van der Waals surface area contributed by atoms with Crippen molar-refractivity contribution in [3.8, 4) is 17.0 Å². The summed E-state index contributed by atoms with van der Waals surface area (Å²) >= 11 is 0. The monoisotopic (exact) mass is 413 g/mol. The second-order valence-corrected chi connectivity index (χ2v) is 6.83. The highest BCUT2D eigenvalue weighted by Crippen LogP contribution is 2.30. The van der Waals surface area contributed by atoms with Crippen LogP contribution in [-0.2, 0) is 4.74 Å². The van der Waals surface area contributed by atoms with Gasteiger partial charge in [0.1, 0.15) is 5.65 Å². The number of halogens is 2. The quantitative estimate of drug-likeness (QED) is 0.556. The molecule has 0 bridgehead atoms. The lowest BCUT2D eigenvalue weighted by Crippen LogP contribution is -2.40. The van der Waals surface area contributed by atoms with Gasteiger partial charge in [-0.15, -0.1) is 0 Å². The van der Waals surface area contributed by atoms with E-state index in [1.807, 2.05) is 12.1 Å². The van der Waals surface area contributed by atoms with Crippen molar-refractivity contribution in [1.29, 1.82) is 0 Å². The van der Waals surface area contributed by atoms with Crippen LogP contribution >= 0.6 is 0 Å². The Morgan fingerprint density at radius 1 is 1.23 bits per heavy atom. The summed E-state index contributed by atoms with van der Waals surface area (Å²) in [5.74, 6) is -0.240. The molecule has 0 spiro atoms. The van der Waals surface area contributed by atoms with Crippen LogP contribution in [-0.4, -0.2) is 63.3 Å². The van der Waals surface area contributed by atoms with Crippen molar-refractivity contribution in [2.45, 2.75) is 6.61 Å². The zero-order valence-corrected chi connectivity index (χ0v) is 15.7. The number of morpholine rings is 1. The van der Waals surface area contributed by atoms with E-state index in [1.165, 1.54) is 6.07 Å². The Morgan fingerprint density at radius 3 is 2.87 bits per heavy atom. The highest BCUT2D eigenvalue weighted by Gasteiger charge is 2.22. The summed E-state index contributed by atoms with van der Waals surface area (Å²) in [6.45, 7) is -0.790. The molecule has 1 fully saturated rings. The van der Waals surface area contributed by atoms with E-state index in [0.717, 1.165) is 16.5 Å². The maximum absolute atomic E-state index is 12.9. The minimum absolute atomic E-state index is 0.0835. The summed E-state index contributed by atoms with van der Waals surface area (Å²) in [4.78, 5) is 21.8. The summed E-state index contributed by atoms with van der Waals surface area (Å²) in [5.41, 5.74) is 3.30. The minimum Gasteiger partial charge on any atom is -0.417 e. The lowest BCUT2D eigenvalue weighted by molar-refractivity contribution is -0.0526. The Morgan fingerprint density at radius 2 is 2.07 bits per heavy atom. The number of nitrogens with one attached hydrogen (secondary N) is 1. The molecule has 5 rings (SSSR count). The van der Waals surface area contributed by atoms with Gasteiger partial charge in [-0.25, -0.2) is 4.52 Å². The van der Waals surface area contributed by atoms with Gasteiger partial charge in [-0.1, -0.05) is 0 Å². The molecule has 0 unspecified atom stereocenters. The number of ether oxygens (including phenoxy) is 2. The first-order valence-electron chi connectivity index (χ1n) is 9.38. The van der Waals surface area contributed by atoms with Crippen molar-refractivity contribution in [3.63, 3.8) is 0 Å². The zero-order valence-electron chi connectivity index (χ0n) is 15.7. The fourth-order valence-electron chi connectivity index (χ4n) is 3.63. The van der Waals surface area contributed by atoms with Crippen LogP contribution in [0.15, 0.2) is 42.9 Å². The number of amides is 1. The molecule has 1 aliphatic heterocycles. The van der Waals surface area contributed by atoms with Crippen LogP contribution in [0.1, 0.15) is 10.4 Å². The number of fused-ring (bicyclic) bond motifs is 2. The van der Waals surface area contributed by atoms with Gasteiger partial charge in [0.25, 0.3) is 5.91 Å². The second-order valence-electron chi connectivity index (χ2n) is 6.83. The SMILES string of the molecule is O=C(c1cnn2ccc(-c3c[nH]c4nc(OC(F)F)ccc34)cc12)N1CCOCC1. The minimum atomic E-state index is -2.93. The summed E-state index contributed by atoms with van der Waals surface area (Å²) in [6, 6.07) is 6.82. The topological polar surface area (TPSA) is 84.8 Å². The molecule has 0 aliphatic carbocycles. The van der Waals surface area contributed by atoms with Gasteiger partial charge < -0.3 is 19.4 Å². The Balaban J connectivity index is 1.53. The van der Waals surface area contributed by atoms with E-state index in [9.17, 15) is 13.6 Å². The largest absolute Gasteiger partial charge is 0.417 e. The first-order chi connectivity index (χ1) is 14.6. The molecular formula is C20H17F2N5O3. The summed E-state index contributed by atoms with van der Waals surface area (Å²) in [6.07, 6.45) is 5.10. The van der Waals surface area contributed by atoms with Crippen molar-refractivity contribution >= 4 is 22.5 Å². The number of aromatic nitrogens is 4. The predicted octanol–water partition coefficient (Wildman–Crippen LogP) is 2.95. The zero-order chi connectivity index (χ0) is 20.7. The standard InChI is InChI=1S/C20H17F2N5O3/c21-20(22)30-17-2-1-13-14(10-23-18(13)25-17)12-3-4-27-16(9-12)15(11-24-27)19(28)26-5-7-29-8-6-26/h1-4,9-11,20H,5-8H2,(H,23,25). The molecule has 1 aliphatic rings. The number of carbonyl (C=O) groups is 1. The van der Waals surface area contributed by atoms with Crippen molar-refractivity contribution in [1.82, 2.24) is 24.5 Å². The molecule has 5 heterocycles. The Labute approximate surface area is 169 Å². The molecule has 4 aromatic heterocycles. The van der Waals surface area contributed by atoms with Crippen molar-refractivity contribution in [3.05, 3.63) is 48.4 Å². The van der Waals surface area contributed by atoms with Crippen LogP contribution in [0.25, 0.3) is 27.7 Å². The summed E-state index contributed by atoms with van der Waals surface area (Å²) < 4.78 is 36.2. The number of alkyl halides is 2. The van der Waals surface area contributed by atoms with Crippen LogP contribution in [0.4, 0.5) is 8.78 Å². The number of hydrogen-bond donors (Lipinski definition) is 1. The van der Waals surface area contributed by atoms with E-state index >= 15 is 0 Å². The third-order valence-electron chi connectivity index (χ3n) is 5.08. The van der Waals surface area contributed by atoms with Gasteiger partial charge in [-0.2, -0.15) is 18.9 Å². The molecule has 10 heteroatoms. The molecule has 0 radical (unpaired) electrons. The Kier molecular flexibility index (Phi) is 4.55. The van der Waals surface area contributed by atoms with Crippen LogP contribution in [0, 0.1) is 0 Å². The fourth-order valence-corrected chi connectivity index (χ4v) is 3.63. The number of nitrogens with zero attached hydrogens (tertiary/aromatic N) is 4. The van der Waals surface area contributed by atoms with Crippen molar-refractivity contribution in [2.75, 3.05) is 26.3 Å². The van der Waals surface area contributed by atoms with Gasteiger partial charge in [0.05, 0.1) is 30.5 Å². The molecule has 0 atom stereocenters. The van der Waals surface area contributed by atoms with E-state index in [4.69, 9.17) is 4.74 Å². The smallest absolute Gasteiger partial charge is 0.388 e. The van der Waals surface area contributed by atoms with Gasteiger partial charge in [0.2, 0.25) is 5.88 Å². The van der Waals surface area contributed by atoms with Gasteiger partial charge in [-0.05, 0) is 23.8 Å². The number of pyridine rings is 2. The highest BCUT2D eigenvalue weighted by molar-refractivity contribution is 6.02. The van der Waals surface area contributed by atoms with E-state index in [2.05, 4.69) is 19.8 Å². The van der Waals surface area contributed by atoms with Gasteiger partial charge in [-0.3, -0.25) is 4.79 Å². The molecule has 154 valence electrons. The first-order valence-corrected chi connectivity index (χ1v) is 9.38. The van der Waals surface area contributed by atoms with Crippen LogP contribution < -0.4 is 4.74 Å². The van der Waals surface area contributed by atoms with E-state index in [0.29, 0.717) is 43.0 Å². The predicted molar refractivity (Wildman–Crippen MR) is 104 cm³/mol. The van der Waals surface area contributed by atoms with Crippen LogP contribution in [0.3, 0.4) is 0 Å². The molecule has 0 aromatic carbocycles. The van der Waals surface area contributed by atoms with Gasteiger partial charge in [0, 0.05) is 42.5 Å². The second kappa shape index (κ2) is 7.38. The average Bonchev–Trinajstić information content (AvgIpc) is 3.36. The van der Waals surface area contributed by atoms with E-state index in [-0.39, 0.29) is 11.8 Å². The van der Waals surface area contributed by atoms with Crippen LogP contribution in [0.2, 0.25) is 0 Å². The van der Waals surface area contributed by atoms with Crippen LogP contribution in [0.5, 0.6) is 5.88 Å². The number of aromatic amines is 1. The van der Waals surface area contributed by atoms with Crippen molar-refractivity contribution in [2.24, 2.45) is 0 Å². The third-order valence-corrected chi connectivity index (χ3v) is 5.08. The van der Waals surface area contributed by atoms with Crippen molar-refractivity contribution < 1.29 is 23.0 Å². The Hall–Kier alpha value is -3.53. The maximum Gasteiger partial charge on any atom is 0.388 e. The number of hydrogen-bond acceptors (Lipinski definition) is 5. The van der Waals surface area contributed by atoms with Gasteiger partial charge in [0.15, 0.2) is 0 Å². The fraction of sp³-hybridized carbons (Fsp3) is 0.250. The Bertz CT molecular complexity index is 1230. The average molecular weight is 413 g/mol. The molecule has 8 nitrogen and oxygen atoms in total. The van der Waals surface area contributed by atoms with Gasteiger partial charge >= 0.3 is 6.61 Å². The lowest BCUT2D eigenvalue weighted by Gasteiger charge is -2.26. The van der Waals surface area contributed by atoms with E-state index < -0.39 is 6.61 Å². The molecular weight excluding hydrogens is 396 g/mol. The molecule has 30 heavy (non-hydrogen) atoms. The number of rotatable bonds is 4. The third kappa shape index (κ3) is 3.24. The molecule has 1 amide bonds. The summed E-state index contributed by atoms with van der Waals surface area (Å²) in [5, 5.41) is 5.04. The molecule has 1 N–H and O–H groups in total. The first kappa shape index (κ1) is 18.5. The maximum atomic E-state index is 12.9. The lowest BCUT2D eigenvalue weighted by atomic mass is 10.1. The number of carbonyl (C=O) groups excluding carboxylic acids is 1.